The van der Waals surface area contributed by atoms with E-state index in [1.54, 1.807) is 12.1 Å². The fourth-order valence-corrected chi connectivity index (χ4v) is 2.99. The van der Waals surface area contributed by atoms with E-state index < -0.39 is 5.97 Å². The summed E-state index contributed by atoms with van der Waals surface area (Å²) >= 11 is 0. The Morgan fingerprint density at radius 3 is 2.38 bits per heavy atom. The second kappa shape index (κ2) is 6.83. The molecule has 0 saturated carbocycles. The van der Waals surface area contributed by atoms with Gasteiger partial charge in [-0.1, -0.05) is 50.2 Å². The summed E-state index contributed by atoms with van der Waals surface area (Å²) in [5.74, 6) is -0.467. The van der Waals surface area contributed by atoms with Crippen molar-refractivity contribution in [3.8, 4) is 0 Å². The molecule has 0 radical (unpaired) electrons. The van der Waals surface area contributed by atoms with Gasteiger partial charge in [-0.05, 0) is 47.4 Å². The van der Waals surface area contributed by atoms with Crippen LogP contribution in [0.3, 0.4) is 0 Å². The minimum absolute atomic E-state index is 0.314. The van der Waals surface area contributed by atoms with Crippen LogP contribution in [0.15, 0.2) is 54.7 Å². The Morgan fingerprint density at radius 2 is 1.75 bits per heavy atom. The first kappa shape index (κ1) is 16.2. The van der Waals surface area contributed by atoms with Crippen LogP contribution in [-0.2, 0) is 6.42 Å². The van der Waals surface area contributed by atoms with Gasteiger partial charge in [0.2, 0.25) is 0 Å². The molecule has 1 unspecified atom stereocenters. The number of hydrogen-bond acceptors (Lipinski definition) is 2. The summed E-state index contributed by atoms with van der Waals surface area (Å²) < 4.78 is 0. The molecule has 24 heavy (non-hydrogen) atoms. The Hall–Kier alpha value is -2.68. The van der Waals surface area contributed by atoms with E-state index in [1.165, 1.54) is 16.3 Å². The molecule has 0 aliphatic carbocycles. The standard InChI is InChI=1S/C21H21NO2/c1-3-14(2)20-19-7-5-4-6-18(19)17(13-22-20)12-15-8-10-16(11-9-15)21(23)24/h4-11,13-14H,3,12H2,1-2H3,(H,23,24). The predicted molar refractivity (Wildman–Crippen MR) is 96.7 cm³/mol. The molecule has 0 aliphatic heterocycles. The molecular formula is C21H21NO2. The van der Waals surface area contributed by atoms with Crippen LogP contribution in [0.5, 0.6) is 0 Å². The van der Waals surface area contributed by atoms with E-state index in [-0.39, 0.29) is 0 Å². The number of aromatic carboxylic acids is 1. The van der Waals surface area contributed by atoms with Gasteiger partial charge in [-0.3, -0.25) is 4.98 Å². The van der Waals surface area contributed by atoms with Crippen LogP contribution >= 0.6 is 0 Å². The third-order valence-corrected chi connectivity index (χ3v) is 4.58. The number of nitrogens with zero attached hydrogens (tertiary/aromatic N) is 1. The summed E-state index contributed by atoms with van der Waals surface area (Å²) in [5, 5.41) is 11.4. The largest absolute Gasteiger partial charge is 0.478 e. The van der Waals surface area contributed by atoms with Crippen molar-refractivity contribution in [3.63, 3.8) is 0 Å². The Kier molecular flexibility index (Phi) is 4.61. The van der Waals surface area contributed by atoms with Crippen LogP contribution in [0.4, 0.5) is 0 Å². The SMILES string of the molecule is CCC(C)c1ncc(Cc2ccc(C(=O)O)cc2)c2ccccc12. The molecule has 3 nitrogen and oxygen atoms in total. The molecule has 3 rings (SSSR count). The average molecular weight is 319 g/mol. The summed E-state index contributed by atoms with van der Waals surface area (Å²) in [4.78, 5) is 15.7. The minimum atomic E-state index is -0.897. The highest BCUT2D eigenvalue weighted by atomic mass is 16.4. The van der Waals surface area contributed by atoms with Gasteiger partial charge in [-0.2, -0.15) is 0 Å². The number of carbonyl (C=O) groups is 1. The van der Waals surface area contributed by atoms with E-state index in [0.717, 1.165) is 24.1 Å². The summed E-state index contributed by atoms with van der Waals surface area (Å²) in [7, 11) is 0. The van der Waals surface area contributed by atoms with E-state index in [0.29, 0.717) is 11.5 Å². The number of rotatable bonds is 5. The molecule has 0 spiro atoms. The van der Waals surface area contributed by atoms with Gasteiger partial charge < -0.3 is 5.11 Å². The lowest BCUT2D eigenvalue weighted by Gasteiger charge is -2.14. The normalized spacial score (nSPS) is 12.2. The maximum absolute atomic E-state index is 11.0. The number of aromatic nitrogens is 1. The van der Waals surface area contributed by atoms with Gasteiger partial charge in [0.05, 0.1) is 11.3 Å². The molecule has 1 heterocycles. The Morgan fingerprint density at radius 1 is 1.08 bits per heavy atom. The molecule has 0 fully saturated rings. The maximum Gasteiger partial charge on any atom is 0.335 e. The van der Waals surface area contributed by atoms with Crippen LogP contribution in [-0.4, -0.2) is 16.1 Å². The summed E-state index contributed by atoms with van der Waals surface area (Å²) in [5.41, 5.74) is 3.72. The molecule has 0 saturated heterocycles. The van der Waals surface area contributed by atoms with E-state index in [2.05, 4.69) is 38.1 Å². The van der Waals surface area contributed by atoms with Gasteiger partial charge in [0.1, 0.15) is 0 Å². The zero-order valence-electron chi connectivity index (χ0n) is 14.0. The number of benzene rings is 2. The molecule has 3 aromatic rings. The van der Waals surface area contributed by atoms with Crippen molar-refractivity contribution in [2.45, 2.75) is 32.6 Å². The highest BCUT2D eigenvalue weighted by molar-refractivity contribution is 5.88. The van der Waals surface area contributed by atoms with Crippen LogP contribution in [0.2, 0.25) is 0 Å². The monoisotopic (exact) mass is 319 g/mol. The molecule has 1 N–H and O–H groups in total. The van der Waals surface area contributed by atoms with Crippen molar-refractivity contribution >= 4 is 16.7 Å². The van der Waals surface area contributed by atoms with E-state index in [1.807, 2.05) is 18.3 Å². The van der Waals surface area contributed by atoms with Gasteiger partial charge in [0, 0.05) is 11.6 Å². The van der Waals surface area contributed by atoms with E-state index in [9.17, 15) is 4.79 Å². The Labute approximate surface area is 142 Å². The summed E-state index contributed by atoms with van der Waals surface area (Å²) in [6.45, 7) is 4.39. The Bertz CT molecular complexity index is 869. The predicted octanol–water partition coefficient (Wildman–Crippen LogP) is 5.04. The van der Waals surface area contributed by atoms with Gasteiger partial charge in [-0.15, -0.1) is 0 Å². The fraction of sp³-hybridized carbons (Fsp3) is 0.238. The molecule has 1 atom stereocenters. The van der Waals surface area contributed by atoms with Crippen molar-refractivity contribution in [1.82, 2.24) is 4.98 Å². The first-order valence-electron chi connectivity index (χ1n) is 8.29. The number of hydrogen-bond donors (Lipinski definition) is 1. The molecular weight excluding hydrogens is 298 g/mol. The second-order valence-corrected chi connectivity index (χ2v) is 6.20. The molecule has 2 aromatic carbocycles. The van der Waals surface area contributed by atoms with Crippen LogP contribution in [0.25, 0.3) is 10.8 Å². The van der Waals surface area contributed by atoms with E-state index in [4.69, 9.17) is 10.1 Å². The summed E-state index contributed by atoms with van der Waals surface area (Å²) in [6, 6.07) is 15.5. The lowest BCUT2D eigenvalue weighted by atomic mass is 9.94. The van der Waals surface area contributed by atoms with Gasteiger partial charge in [-0.25, -0.2) is 4.79 Å². The minimum Gasteiger partial charge on any atom is -0.478 e. The highest BCUT2D eigenvalue weighted by Gasteiger charge is 2.12. The van der Waals surface area contributed by atoms with Crippen LogP contribution in [0.1, 0.15) is 53.4 Å². The maximum atomic E-state index is 11.0. The third-order valence-electron chi connectivity index (χ3n) is 4.58. The van der Waals surface area contributed by atoms with Crippen LogP contribution in [0, 0.1) is 0 Å². The molecule has 0 bridgehead atoms. The quantitative estimate of drug-likeness (QED) is 0.717. The number of pyridine rings is 1. The van der Waals surface area contributed by atoms with Crippen LogP contribution < -0.4 is 0 Å². The average Bonchev–Trinajstić information content (AvgIpc) is 2.62. The molecule has 122 valence electrons. The van der Waals surface area contributed by atoms with Crippen molar-refractivity contribution in [3.05, 3.63) is 77.1 Å². The highest BCUT2D eigenvalue weighted by Crippen LogP contribution is 2.28. The lowest BCUT2D eigenvalue weighted by Crippen LogP contribution is -2.01. The topological polar surface area (TPSA) is 50.2 Å². The van der Waals surface area contributed by atoms with Crippen molar-refractivity contribution in [1.29, 1.82) is 0 Å². The molecule has 0 amide bonds. The zero-order chi connectivity index (χ0) is 17.1. The molecule has 1 aromatic heterocycles. The first-order chi connectivity index (χ1) is 11.6. The molecule has 0 aliphatic rings. The number of carboxylic acids is 1. The van der Waals surface area contributed by atoms with Gasteiger partial charge >= 0.3 is 5.97 Å². The second-order valence-electron chi connectivity index (χ2n) is 6.20. The third kappa shape index (κ3) is 3.16. The van der Waals surface area contributed by atoms with Gasteiger partial charge in [0.25, 0.3) is 0 Å². The van der Waals surface area contributed by atoms with Crippen molar-refractivity contribution < 1.29 is 9.90 Å². The number of carboxylic acid groups (broad SMARTS) is 1. The molecule has 3 heteroatoms. The lowest BCUT2D eigenvalue weighted by molar-refractivity contribution is 0.0697. The summed E-state index contributed by atoms with van der Waals surface area (Å²) in [6.07, 6.45) is 3.77. The smallest absolute Gasteiger partial charge is 0.335 e. The first-order valence-corrected chi connectivity index (χ1v) is 8.29. The van der Waals surface area contributed by atoms with E-state index >= 15 is 0 Å². The fourth-order valence-electron chi connectivity index (χ4n) is 2.99. The number of fused-ring (bicyclic) bond motifs is 1. The zero-order valence-corrected chi connectivity index (χ0v) is 14.0. The Balaban J connectivity index is 1.99. The van der Waals surface area contributed by atoms with Crippen molar-refractivity contribution in [2.24, 2.45) is 0 Å². The van der Waals surface area contributed by atoms with Crippen molar-refractivity contribution in [2.75, 3.05) is 0 Å². The van der Waals surface area contributed by atoms with Gasteiger partial charge in [0.15, 0.2) is 0 Å².